The van der Waals surface area contributed by atoms with Crippen molar-refractivity contribution < 1.29 is 13.5 Å². The maximum absolute atomic E-state index is 12.1. The molecule has 3 N–H and O–H groups in total. The van der Waals surface area contributed by atoms with Gasteiger partial charge in [0.15, 0.2) is 5.82 Å². The molecule has 1 fully saturated rings. The maximum atomic E-state index is 12.1. The number of benzene rings is 1. The number of nitrogens with one attached hydrogen (secondary N) is 1. The molecule has 38 heavy (non-hydrogen) atoms. The maximum Gasteiger partial charge on any atom is 0.345 e. The second-order valence-corrected chi connectivity index (χ2v) is 8.48. The van der Waals surface area contributed by atoms with Crippen molar-refractivity contribution in [3.8, 4) is 22.6 Å². The third-order valence-corrected chi connectivity index (χ3v) is 5.93. The van der Waals surface area contributed by atoms with Crippen molar-refractivity contribution in [3.05, 3.63) is 54.9 Å². The van der Waals surface area contributed by atoms with E-state index in [9.17, 15) is 8.78 Å². The summed E-state index contributed by atoms with van der Waals surface area (Å²) >= 11 is 0. The molecule has 0 aliphatic carbocycles. The first kappa shape index (κ1) is 26.9. The van der Waals surface area contributed by atoms with Gasteiger partial charge in [0.05, 0.1) is 12.3 Å². The molecule has 0 saturated carbocycles. The van der Waals surface area contributed by atoms with Gasteiger partial charge < -0.3 is 20.7 Å². The van der Waals surface area contributed by atoms with Gasteiger partial charge in [-0.3, -0.25) is 0 Å². The van der Waals surface area contributed by atoms with E-state index >= 15 is 0 Å². The Kier molecular flexibility index (Phi) is 8.74. The van der Waals surface area contributed by atoms with Crippen molar-refractivity contribution in [2.45, 2.75) is 26.9 Å². The fourth-order valence-electron chi connectivity index (χ4n) is 3.97. The van der Waals surface area contributed by atoms with Crippen LogP contribution in [0.2, 0.25) is 0 Å². The number of alkyl halides is 2. The Morgan fingerprint density at radius 1 is 1.03 bits per heavy atom. The highest BCUT2D eigenvalue weighted by Crippen LogP contribution is 2.27. The molecule has 200 valence electrons. The minimum absolute atomic E-state index is 0.0749. The SMILES string of the molecule is CC.Cn1nc(-c2ccc(N3CC(CCOC(F)F)C3)nc2)nc1Nc1ccc(-c2ccnc(N)n2)cc1. The Labute approximate surface area is 219 Å². The van der Waals surface area contributed by atoms with Crippen LogP contribution in [0.4, 0.5) is 32.2 Å². The van der Waals surface area contributed by atoms with Crippen LogP contribution in [0.1, 0.15) is 20.3 Å². The Balaban J connectivity index is 0.00000164. The molecule has 0 unspecified atom stereocenters. The van der Waals surface area contributed by atoms with Crippen LogP contribution in [0.3, 0.4) is 0 Å². The second kappa shape index (κ2) is 12.4. The van der Waals surface area contributed by atoms with E-state index in [1.807, 2.05) is 57.3 Å². The number of aryl methyl sites for hydroxylation is 1. The summed E-state index contributed by atoms with van der Waals surface area (Å²) in [6, 6.07) is 13.4. The highest BCUT2D eigenvalue weighted by Gasteiger charge is 2.27. The van der Waals surface area contributed by atoms with Gasteiger partial charge in [-0.15, -0.1) is 5.10 Å². The number of rotatable bonds is 9. The normalized spacial score (nSPS) is 13.2. The van der Waals surface area contributed by atoms with Gasteiger partial charge in [0.2, 0.25) is 11.9 Å². The lowest BCUT2D eigenvalue weighted by molar-refractivity contribution is -0.131. The van der Waals surface area contributed by atoms with Crippen LogP contribution < -0.4 is 16.0 Å². The molecule has 1 saturated heterocycles. The lowest BCUT2D eigenvalue weighted by Crippen LogP contribution is -2.47. The van der Waals surface area contributed by atoms with Crippen LogP contribution in [-0.4, -0.2) is 56.0 Å². The molecule has 12 heteroatoms. The van der Waals surface area contributed by atoms with Gasteiger partial charge in [-0.2, -0.15) is 13.8 Å². The van der Waals surface area contributed by atoms with Crippen molar-refractivity contribution in [2.24, 2.45) is 13.0 Å². The number of nitrogens with two attached hydrogens (primary N) is 1. The first-order valence-electron chi connectivity index (χ1n) is 12.4. The zero-order chi connectivity index (χ0) is 27.1. The number of hydrogen-bond acceptors (Lipinski definition) is 9. The van der Waals surface area contributed by atoms with E-state index in [-0.39, 0.29) is 12.6 Å². The van der Waals surface area contributed by atoms with Crippen LogP contribution in [0.25, 0.3) is 22.6 Å². The largest absolute Gasteiger partial charge is 0.368 e. The number of nitrogen functional groups attached to an aromatic ring is 1. The van der Waals surface area contributed by atoms with Crippen LogP contribution in [0, 0.1) is 5.92 Å². The van der Waals surface area contributed by atoms with Gasteiger partial charge in [0, 0.05) is 49.3 Å². The Hall–Kier alpha value is -4.19. The topological polar surface area (TPSA) is 120 Å². The van der Waals surface area contributed by atoms with Gasteiger partial charge in [-0.05, 0) is 42.7 Å². The molecule has 5 rings (SSSR count). The molecule has 4 aromatic rings. The molecule has 1 aliphatic rings. The molecular formula is C26H31F2N9O. The zero-order valence-electron chi connectivity index (χ0n) is 21.6. The third-order valence-electron chi connectivity index (χ3n) is 5.93. The van der Waals surface area contributed by atoms with Crippen molar-refractivity contribution in [2.75, 3.05) is 35.6 Å². The zero-order valence-corrected chi connectivity index (χ0v) is 21.6. The van der Waals surface area contributed by atoms with E-state index in [4.69, 9.17) is 5.73 Å². The fraction of sp³-hybridized carbons (Fsp3) is 0.346. The lowest BCUT2D eigenvalue weighted by atomic mass is 9.97. The summed E-state index contributed by atoms with van der Waals surface area (Å²) < 4.78 is 30.2. The van der Waals surface area contributed by atoms with E-state index in [0.717, 1.165) is 41.4 Å². The predicted octanol–water partition coefficient (Wildman–Crippen LogP) is 4.75. The highest BCUT2D eigenvalue weighted by atomic mass is 19.3. The van der Waals surface area contributed by atoms with Crippen LogP contribution >= 0.6 is 0 Å². The standard InChI is InChI=1S/C24H25F2N9O.C2H6/c1-34-24(30-18-5-2-16(3-6-18)19-8-10-28-23(27)31-19)32-21(33-34)17-4-7-20(29-12-17)35-13-15(14-35)9-11-36-22(25)26;1-2/h2-8,10,12,15,22H,9,11,13-14H2,1H3,(H2,27,28,31)(H,30,32,33);1-2H3. The smallest absolute Gasteiger partial charge is 0.345 e. The number of pyridine rings is 1. The first-order valence-corrected chi connectivity index (χ1v) is 12.4. The Morgan fingerprint density at radius 2 is 1.76 bits per heavy atom. The summed E-state index contributed by atoms with van der Waals surface area (Å²) in [6.45, 7) is 2.92. The van der Waals surface area contributed by atoms with Crippen molar-refractivity contribution in [1.82, 2.24) is 29.7 Å². The summed E-state index contributed by atoms with van der Waals surface area (Å²) in [5, 5.41) is 7.78. The van der Waals surface area contributed by atoms with E-state index in [1.54, 1.807) is 23.1 Å². The summed E-state index contributed by atoms with van der Waals surface area (Å²) in [5.41, 5.74) is 8.99. The number of anilines is 4. The number of hydrogen-bond donors (Lipinski definition) is 2. The van der Waals surface area contributed by atoms with Crippen molar-refractivity contribution in [1.29, 1.82) is 0 Å². The number of nitrogens with zero attached hydrogens (tertiary/aromatic N) is 7. The molecular weight excluding hydrogens is 492 g/mol. The number of ether oxygens (including phenoxy) is 1. The monoisotopic (exact) mass is 523 g/mol. The van der Waals surface area contributed by atoms with Crippen molar-refractivity contribution >= 4 is 23.4 Å². The quantitative estimate of drug-likeness (QED) is 0.320. The summed E-state index contributed by atoms with van der Waals surface area (Å²) in [7, 11) is 1.82. The molecule has 0 amide bonds. The fourth-order valence-corrected chi connectivity index (χ4v) is 3.97. The molecule has 0 spiro atoms. The van der Waals surface area contributed by atoms with Gasteiger partial charge in [-0.25, -0.2) is 19.6 Å². The molecule has 4 heterocycles. The summed E-state index contributed by atoms with van der Waals surface area (Å²) in [5.74, 6) is 2.55. The van der Waals surface area contributed by atoms with Crippen molar-refractivity contribution in [3.63, 3.8) is 0 Å². The Bertz CT molecular complexity index is 1310. The van der Waals surface area contributed by atoms with Crippen LogP contribution in [-0.2, 0) is 11.8 Å². The molecule has 1 aliphatic heterocycles. The second-order valence-electron chi connectivity index (χ2n) is 8.48. The molecule has 3 aromatic heterocycles. The van der Waals surface area contributed by atoms with Gasteiger partial charge in [-0.1, -0.05) is 26.0 Å². The summed E-state index contributed by atoms with van der Waals surface area (Å²) in [4.78, 5) is 19.4. The minimum Gasteiger partial charge on any atom is -0.368 e. The summed E-state index contributed by atoms with van der Waals surface area (Å²) in [6.07, 6.45) is 3.98. The first-order chi connectivity index (χ1) is 18.4. The van der Waals surface area contributed by atoms with Crippen LogP contribution in [0.5, 0.6) is 0 Å². The predicted molar refractivity (Wildman–Crippen MR) is 143 cm³/mol. The average Bonchev–Trinajstić information content (AvgIpc) is 3.27. The average molecular weight is 524 g/mol. The van der Waals surface area contributed by atoms with E-state index in [2.05, 4.69) is 40.0 Å². The minimum atomic E-state index is -2.71. The number of aromatic nitrogens is 6. The van der Waals surface area contributed by atoms with E-state index in [0.29, 0.717) is 24.1 Å². The molecule has 1 aromatic carbocycles. The van der Waals surface area contributed by atoms with Gasteiger partial charge >= 0.3 is 6.61 Å². The van der Waals surface area contributed by atoms with E-state index in [1.165, 1.54) is 0 Å². The molecule has 10 nitrogen and oxygen atoms in total. The Morgan fingerprint density at radius 3 is 2.42 bits per heavy atom. The lowest BCUT2D eigenvalue weighted by Gasteiger charge is -2.40. The molecule has 0 bridgehead atoms. The van der Waals surface area contributed by atoms with E-state index < -0.39 is 6.61 Å². The molecule has 0 atom stereocenters. The van der Waals surface area contributed by atoms with Crippen LogP contribution in [0.15, 0.2) is 54.9 Å². The third kappa shape index (κ3) is 6.57. The highest BCUT2D eigenvalue weighted by molar-refractivity contribution is 5.66. The van der Waals surface area contributed by atoms with Gasteiger partial charge in [0.1, 0.15) is 5.82 Å². The number of halogens is 2. The van der Waals surface area contributed by atoms with Gasteiger partial charge in [0.25, 0.3) is 0 Å². The molecule has 0 radical (unpaired) electrons.